The number of aryl methyl sites for hydroxylation is 1. The van der Waals surface area contributed by atoms with E-state index >= 15 is 0 Å². The lowest BCUT2D eigenvalue weighted by Gasteiger charge is -2.26. The lowest BCUT2D eigenvalue weighted by atomic mass is 10.0. The number of amides is 2. The zero-order chi connectivity index (χ0) is 16.9. The molecule has 120 valence electrons. The second kappa shape index (κ2) is 7.59. The van der Waals surface area contributed by atoms with Crippen molar-refractivity contribution in [2.24, 2.45) is 5.92 Å². The summed E-state index contributed by atoms with van der Waals surface area (Å²) in [5, 5.41) is 11.5. The maximum atomic E-state index is 12.3. The van der Waals surface area contributed by atoms with Crippen LogP contribution in [-0.4, -0.2) is 47.4 Å². The molecule has 0 radical (unpaired) electrons. The fourth-order valence-electron chi connectivity index (χ4n) is 2.08. The van der Waals surface area contributed by atoms with Crippen LogP contribution in [0.15, 0.2) is 24.3 Å². The zero-order valence-electron chi connectivity index (χ0n) is 13.3. The summed E-state index contributed by atoms with van der Waals surface area (Å²) in [6.45, 7) is 5.02. The molecule has 1 atom stereocenters. The molecule has 2 N–H and O–H groups in total. The minimum atomic E-state index is -1.09. The van der Waals surface area contributed by atoms with Crippen LogP contribution in [0.3, 0.4) is 0 Å². The van der Waals surface area contributed by atoms with Gasteiger partial charge in [0.1, 0.15) is 12.6 Å². The Balaban J connectivity index is 2.89. The van der Waals surface area contributed by atoms with Crippen LogP contribution in [-0.2, 0) is 9.59 Å². The van der Waals surface area contributed by atoms with Crippen LogP contribution in [0.5, 0.6) is 0 Å². The number of hydrogen-bond donors (Lipinski definition) is 2. The van der Waals surface area contributed by atoms with E-state index in [0.29, 0.717) is 5.56 Å². The van der Waals surface area contributed by atoms with Crippen LogP contribution in [0, 0.1) is 12.8 Å². The van der Waals surface area contributed by atoms with Crippen molar-refractivity contribution >= 4 is 17.8 Å². The summed E-state index contributed by atoms with van der Waals surface area (Å²) < 4.78 is 0. The predicted molar refractivity (Wildman–Crippen MR) is 82.5 cm³/mol. The van der Waals surface area contributed by atoms with Crippen molar-refractivity contribution in [1.82, 2.24) is 10.2 Å². The summed E-state index contributed by atoms with van der Waals surface area (Å²) >= 11 is 0. The molecular weight excluding hydrogens is 284 g/mol. The third-order valence-electron chi connectivity index (χ3n) is 3.36. The van der Waals surface area contributed by atoms with Crippen molar-refractivity contribution < 1.29 is 19.5 Å². The van der Waals surface area contributed by atoms with Gasteiger partial charge in [0.25, 0.3) is 5.91 Å². The Kier molecular flexibility index (Phi) is 6.10. The summed E-state index contributed by atoms with van der Waals surface area (Å²) in [4.78, 5) is 36.5. The third-order valence-corrected chi connectivity index (χ3v) is 3.36. The predicted octanol–water partition coefficient (Wildman–Crippen LogP) is 1.29. The molecule has 0 aliphatic carbocycles. The molecule has 0 spiro atoms. The molecule has 1 unspecified atom stereocenters. The number of carbonyl (C=O) groups is 3. The van der Waals surface area contributed by atoms with Gasteiger partial charge in [-0.15, -0.1) is 0 Å². The Labute approximate surface area is 130 Å². The van der Waals surface area contributed by atoms with E-state index < -0.39 is 24.5 Å². The van der Waals surface area contributed by atoms with Gasteiger partial charge in [-0.1, -0.05) is 32.0 Å². The molecule has 0 aliphatic heterocycles. The van der Waals surface area contributed by atoms with E-state index in [0.717, 1.165) is 10.5 Å². The maximum Gasteiger partial charge on any atom is 0.323 e. The number of nitrogens with zero attached hydrogens (tertiary/aromatic N) is 1. The van der Waals surface area contributed by atoms with Crippen molar-refractivity contribution in [3.8, 4) is 0 Å². The number of benzene rings is 1. The van der Waals surface area contributed by atoms with Crippen molar-refractivity contribution in [2.75, 3.05) is 13.6 Å². The Morgan fingerprint density at radius 3 is 2.32 bits per heavy atom. The number of carboxylic acids is 1. The molecule has 1 aromatic rings. The highest BCUT2D eigenvalue weighted by atomic mass is 16.4. The van der Waals surface area contributed by atoms with Gasteiger partial charge in [-0.2, -0.15) is 0 Å². The molecule has 0 aliphatic rings. The number of hydrogen-bond acceptors (Lipinski definition) is 3. The van der Waals surface area contributed by atoms with Gasteiger partial charge in [0.2, 0.25) is 5.91 Å². The molecule has 22 heavy (non-hydrogen) atoms. The smallest absolute Gasteiger partial charge is 0.323 e. The normalized spacial score (nSPS) is 11.9. The van der Waals surface area contributed by atoms with Crippen LogP contribution < -0.4 is 5.32 Å². The molecule has 0 aromatic heterocycles. The first-order valence-corrected chi connectivity index (χ1v) is 7.07. The van der Waals surface area contributed by atoms with Crippen LogP contribution in [0.4, 0.5) is 0 Å². The Bertz CT molecular complexity index is 569. The van der Waals surface area contributed by atoms with Gasteiger partial charge in [0.15, 0.2) is 0 Å². The van der Waals surface area contributed by atoms with Gasteiger partial charge in [-0.05, 0) is 24.5 Å². The lowest BCUT2D eigenvalue weighted by Crippen LogP contribution is -2.51. The summed E-state index contributed by atoms with van der Waals surface area (Å²) in [5.74, 6) is -2.01. The Morgan fingerprint density at radius 1 is 1.23 bits per heavy atom. The molecule has 0 heterocycles. The first-order valence-electron chi connectivity index (χ1n) is 7.07. The third kappa shape index (κ3) is 4.58. The van der Waals surface area contributed by atoms with Crippen LogP contribution in [0.1, 0.15) is 29.8 Å². The second-order valence-electron chi connectivity index (χ2n) is 5.60. The molecule has 0 saturated heterocycles. The highest BCUT2D eigenvalue weighted by Crippen LogP contribution is 2.10. The number of aliphatic carboxylic acids is 1. The van der Waals surface area contributed by atoms with E-state index in [2.05, 4.69) is 5.32 Å². The number of carboxylic acid groups (broad SMARTS) is 1. The van der Waals surface area contributed by atoms with E-state index in [1.54, 1.807) is 26.0 Å². The molecule has 6 heteroatoms. The highest BCUT2D eigenvalue weighted by Gasteiger charge is 2.28. The van der Waals surface area contributed by atoms with E-state index in [-0.39, 0.29) is 11.8 Å². The molecule has 1 aromatic carbocycles. The van der Waals surface area contributed by atoms with Gasteiger partial charge < -0.3 is 15.3 Å². The average molecular weight is 306 g/mol. The fraction of sp³-hybridized carbons (Fsp3) is 0.438. The maximum absolute atomic E-state index is 12.3. The quantitative estimate of drug-likeness (QED) is 0.829. The van der Waals surface area contributed by atoms with Crippen molar-refractivity contribution in [1.29, 1.82) is 0 Å². The summed E-state index contributed by atoms with van der Waals surface area (Å²) in [5.41, 5.74) is 1.32. The lowest BCUT2D eigenvalue weighted by molar-refractivity contribution is -0.144. The van der Waals surface area contributed by atoms with Gasteiger partial charge in [-0.3, -0.25) is 14.4 Å². The van der Waals surface area contributed by atoms with Crippen LogP contribution in [0.2, 0.25) is 0 Å². The minimum absolute atomic E-state index is 0.156. The monoisotopic (exact) mass is 306 g/mol. The van der Waals surface area contributed by atoms with E-state index in [1.165, 1.54) is 7.05 Å². The fourth-order valence-corrected chi connectivity index (χ4v) is 2.08. The first-order chi connectivity index (χ1) is 10.2. The first kappa shape index (κ1) is 17.7. The molecule has 1 rings (SSSR count). The molecule has 2 amide bonds. The van der Waals surface area contributed by atoms with Gasteiger partial charge in [-0.25, -0.2) is 0 Å². The second-order valence-corrected chi connectivity index (χ2v) is 5.60. The minimum Gasteiger partial charge on any atom is -0.480 e. The largest absolute Gasteiger partial charge is 0.480 e. The van der Waals surface area contributed by atoms with E-state index in [4.69, 9.17) is 5.11 Å². The van der Waals surface area contributed by atoms with Crippen molar-refractivity contribution in [3.63, 3.8) is 0 Å². The SMILES string of the molecule is Cc1ccccc1C(=O)NC(C(=O)N(C)CC(=O)O)C(C)C. The number of likely N-dealkylation sites (N-methyl/N-ethyl adjacent to an activating group) is 1. The van der Waals surface area contributed by atoms with Crippen LogP contribution in [0.25, 0.3) is 0 Å². The molecule has 0 fully saturated rings. The summed E-state index contributed by atoms with van der Waals surface area (Å²) in [7, 11) is 1.41. The van der Waals surface area contributed by atoms with Gasteiger partial charge in [0.05, 0.1) is 0 Å². The van der Waals surface area contributed by atoms with E-state index in [9.17, 15) is 14.4 Å². The molecule has 0 saturated carbocycles. The topological polar surface area (TPSA) is 86.7 Å². The van der Waals surface area contributed by atoms with Gasteiger partial charge >= 0.3 is 5.97 Å². The number of carbonyl (C=O) groups excluding carboxylic acids is 2. The van der Waals surface area contributed by atoms with Crippen molar-refractivity contribution in [2.45, 2.75) is 26.8 Å². The van der Waals surface area contributed by atoms with Crippen LogP contribution >= 0.6 is 0 Å². The highest BCUT2D eigenvalue weighted by molar-refractivity contribution is 5.98. The summed E-state index contributed by atoms with van der Waals surface area (Å²) in [6.07, 6.45) is 0. The molecule has 0 bridgehead atoms. The Morgan fingerprint density at radius 2 is 1.82 bits per heavy atom. The molecule has 6 nitrogen and oxygen atoms in total. The number of nitrogens with one attached hydrogen (secondary N) is 1. The molecular formula is C16H22N2O4. The average Bonchev–Trinajstić information content (AvgIpc) is 2.43. The van der Waals surface area contributed by atoms with Gasteiger partial charge in [0, 0.05) is 12.6 Å². The van der Waals surface area contributed by atoms with Crippen molar-refractivity contribution in [3.05, 3.63) is 35.4 Å². The van der Waals surface area contributed by atoms with E-state index in [1.807, 2.05) is 19.1 Å². The number of rotatable bonds is 6. The summed E-state index contributed by atoms with van der Waals surface area (Å²) in [6, 6.07) is 6.32. The zero-order valence-corrected chi connectivity index (χ0v) is 13.3. The standard InChI is InChI=1S/C16H22N2O4/c1-10(2)14(16(22)18(4)9-13(19)20)17-15(21)12-8-6-5-7-11(12)3/h5-8,10,14H,9H2,1-4H3,(H,17,21)(H,19,20). The Hall–Kier alpha value is -2.37.